The van der Waals surface area contributed by atoms with Gasteiger partial charge in [-0.15, -0.1) is 12.4 Å². The zero-order valence-corrected chi connectivity index (χ0v) is 16.3. The first-order valence-electron chi connectivity index (χ1n) is 8.85. The lowest BCUT2D eigenvalue weighted by molar-refractivity contribution is -0.142. The van der Waals surface area contributed by atoms with E-state index >= 15 is 0 Å². The molecule has 6 heteroatoms. The van der Waals surface area contributed by atoms with E-state index in [1.165, 1.54) is 12.1 Å². The summed E-state index contributed by atoms with van der Waals surface area (Å²) in [6, 6.07) is 14.0. The maximum atomic E-state index is 13.4. The van der Waals surface area contributed by atoms with Crippen LogP contribution in [-0.4, -0.2) is 35.6 Å². The molecule has 0 saturated carbocycles. The smallest absolute Gasteiger partial charge is 0.320 e. The Morgan fingerprint density at radius 2 is 1.93 bits per heavy atom. The molecule has 0 radical (unpaired) electrons. The summed E-state index contributed by atoms with van der Waals surface area (Å²) in [6.07, 6.45) is 1.46. The van der Waals surface area contributed by atoms with E-state index in [4.69, 9.17) is 9.84 Å². The van der Waals surface area contributed by atoms with Gasteiger partial charge in [0.15, 0.2) is 0 Å². The van der Waals surface area contributed by atoms with Gasteiger partial charge in [0.05, 0.1) is 6.61 Å². The van der Waals surface area contributed by atoms with Crippen LogP contribution in [0.2, 0.25) is 0 Å². The molecule has 0 fully saturated rings. The van der Waals surface area contributed by atoms with E-state index in [2.05, 4.69) is 12.1 Å². The van der Waals surface area contributed by atoms with E-state index in [-0.39, 0.29) is 18.2 Å². The average molecular weight is 394 g/mol. The Labute approximate surface area is 165 Å². The number of hydrogen-bond acceptors (Lipinski definition) is 3. The van der Waals surface area contributed by atoms with Crippen LogP contribution in [-0.2, 0) is 21.7 Å². The number of ether oxygens (including phenoxy) is 1. The Morgan fingerprint density at radius 3 is 2.59 bits per heavy atom. The van der Waals surface area contributed by atoms with Crippen molar-refractivity contribution in [2.24, 2.45) is 0 Å². The number of hydrogen-bond donors (Lipinski definition) is 1. The van der Waals surface area contributed by atoms with Crippen LogP contribution in [0.5, 0.6) is 0 Å². The summed E-state index contributed by atoms with van der Waals surface area (Å²) in [6.45, 7) is 2.84. The van der Waals surface area contributed by atoms with E-state index in [0.717, 1.165) is 23.1 Å². The van der Waals surface area contributed by atoms with Crippen molar-refractivity contribution in [1.82, 2.24) is 4.90 Å². The minimum atomic E-state index is -0.830. The van der Waals surface area contributed by atoms with Gasteiger partial charge >= 0.3 is 5.97 Å². The number of halogens is 2. The summed E-state index contributed by atoms with van der Waals surface area (Å²) >= 11 is 0. The molecular formula is C21H25ClFNO3. The molecule has 2 aromatic rings. The van der Waals surface area contributed by atoms with Crippen molar-refractivity contribution in [3.8, 4) is 0 Å². The van der Waals surface area contributed by atoms with Crippen molar-refractivity contribution < 1.29 is 19.0 Å². The summed E-state index contributed by atoms with van der Waals surface area (Å²) in [4.78, 5) is 13.0. The molecule has 3 rings (SSSR count). The standard InChI is InChI=1S/C21H24FNO3.ClH/c1-15(20(24)25)23(2)13-5-12-21(17-8-10-18(22)11-9-17)19-7-4-3-6-16(19)14-26-21;/h3-4,6-11,15H,5,12-14H2,1-2H3,(H,24,25);1H. The van der Waals surface area contributed by atoms with Crippen LogP contribution in [0, 0.1) is 5.82 Å². The molecule has 1 heterocycles. The molecule has 0 saturated heterocycles. The van der Waals surface area contributed by atoms with Gasteiger partial charge in [-0.2, -0.15) is 0 Å². The summed E-state index contributed by atoms with van der Waals surface area (Å²) in [5, 5.41) is 9.15. The summed E-state index contributed by atoms with van der Waals surface area (Å²) in [5.41, 5.74) is 2.57. The first-order valence-corrected chi connectivity index (χ1v) is 8.85. The Balaban J connectivity index is 0.00000261. The number of fused-ring (bicyclic) bond motifs is 1. The highest BCUT2D eigenvalue weighted by Crippen LogP contribution is 2.45. The fourth-order valence-corrected chi connectivity index (χ4v) is 3.59. The third kappa shape index (κ3) is 4.32. The SMILES string of the molecule is CC(C(=O)O)N(C)CCCC1(c2ccc(F)cc2)OCc2ccccc21.Cl. The quantitative estimate of drug-likeness (QED) is 0.765. The van der Waals surface area contributed by atoms with Gasteiger partial charge in [-0.3, -0.25) is 9.69 Å². The molecule has 0 aliphatic carbocycles. The molecule has 0 bridgehead atoms. The van der Waals surface area contributed by atoms with Crippen molar-refractivity contribution >= 4 is 18.4 Å². The molecular weight excluding hydrogens is 369 g/mol. The molecule has 1 N–H and O–H groups in total. The number of carboxylic acids is 1. The van der Waals surface area contributed by atoms with Crippen LogP contribution in [0.1, 0.15) is 36.5 Å². The molecule has 146 valence electrons. The first-order chi connectivity index (χ1) is 12.4. The van der Waals surface area contributed by atoms with Crippen LogP contribution >= 0.6 is 12.4 Å². The van der Waals surface area contributed by atoms with Gasteiger partial charge in [0.1, 0.15) is 17.5 Å². The van der Waals surface area contributed by atoms with Gasteiger partial charge in [0.2, 0.25) is 0 Å². The fourth-order valence-electron chi connectivity index (χ4n) is 3.59. The molecule has 0 spiro atoms. The third-order valence-electron chi connectivity index (χ3n) is 5.30. The number of carboxylic acid groups (broad SMARTS) is 1. The van der Waals surface area contributed by atoms with Crippen molar-refractivity contribution in [2.45, 2.75) is 38.0 Å². The molecule has 1 aliphatic heterocycles. The minimum Gasteiger partial charge on any atom is -0.480 e. The molecule has 2 aromatic carbocycles. The molecule has 4 nitrogen and oxygen atoms in total. The Hall–Kier alpha value is -1.95. The normalized spacial score (nSPS) is 19.4. The second-order valence-corrected chi connectivity index (χ2v) is 6.88. The molecule has 27 heavy (non-hydrogen) atoms. The summed E-state index contributed by atoms with van der Waals surface area (Å²) < 4.78 is 19.7. The second kappa shape index (κ2) is 8.83. The maximum absolute atomic E-state index is 13.4. The van der Waals surface area contributed by atoms with E-state index in [9.17, 15) is 9.18 Å². The van der Waals surface area contributed by atoms with Crippen LogP contribution in [0.4, 0.5) is 4.39 Å². The van der Waals surface area contributed by atoms with Gasteiger partial charge in [-0.1, -0.05) is 36.4 Å². The van der Waals surface area contributed by atoms with Crippen molar-refractivity contribution in [1.29, 1.82) is 0 Å². The van der Waals surface area contributed by atoms with Gasteiger partial charge in [0.25, 0.3) is 0 Å². The second-order valence-electron chi connectivity index (χ2n) is 6.88. The third-order valence-corrected chi connectivity index (χ3v) is 5.30. The molecule has 0 aromatic heterocycles. The molecule has 2 unspecified atom stereocenters. The Bertz CT molecular complexity index is 783. The number of nitrogens with zero attached hydrogens (tertiary/aromatic N) is 1. The van der Waals surface area contributed by atoms with Crippen molar-refractivity contribution in [3.63, 3.8) is 0 Å². The van der Waals surface area contributed by atoms with Crippen LogP contribution in [0.25, 0.3) is 0 Å². The topological polar surface area (TPSA) is 49.8 Å². The van der Waals surface area contributed by atoms with E-state index in [0.29, 0.717) is 19.6 Å². The van der Waals surface area contributed by atoms with E-state index in [1.54, 1.807) is 19.1 Å². The minimum absolute atomic E-state index is 0. The average Bonchev–Trinajstić information content (AvgIpc) is 3.01. The van der Waals surface area contributed by atoms with Crippen molar-refractivity contribution in [3.05, 3.63) is 71.0 Å². The van der Waals surface area contributed by atoms with Gasteiger partial charge in [-0.05, 0) is 62.2 Å². The highest BCUT2D eigenvalue weighted by molar-refractivity contribution is 5.85. The lowest BCUT2D eigenvalue weighted by Gasteiger charge is -2.32. The largest absolute Gasteiger partial charge is 0.480 e. The highest BCUT2D eigenvalue weighted by Gasteiger charge is 2.41. The summed E-state index contributed by atoms with van der Waals surface area (Å²) in [5.74, 6) is -1.10. The predicted molar refractivity (Wildman–Crippen MR) is 105 cm³/mol. The Kier molecular flexibility index (Phi) is 6.98. The number of rotatable bonds is 7. The summed E-state index contributed by atoms with van der Waals surface area (Å²) in [7, 11) is 1.81. The molecule has 0 amide bonds. The number of carbonyl (C=O) groups is 1. The van der Waals surface area contributed by atoms with Crippen LogP contribution < -0.4 is 0 Å². The van der Waals surface area contributed by atoms with Gasteiger partial charge in [0, 0.05) is 0 Å². The van der Waals surface area contributed by atoms with E-state index < -0.39 is 17.6 Å². The maximum Gasteiger partial charge on any atom is 0.320 e. The Morgan fingerprint density at radius 1 is 1.26 bits per heavy atom. The van der Waals surface area contributed by atoms with Crippen LogP contribution in [0.3, 0.4) is 0 Å². The highest BCUT2D eigenvalue weighted by atomic mass is 35.5. The monoisotopic (exact) mass is 393 g/mol. The lowest BCUT2D eigenvalue weighted by Crippen LogP contribution is -2.37. The zero-order chi connectivity index (χ0) is 18.7. The van der Waals surface area contributed by atoms with Crippen LogP contribution in [0.15, 0.2) is 48.5 Å². The first kappa shape index (κ1) is 21.4. The fraction of sp³-hybridized carbons (Fsp3) is 0.381. The molecule has 1 aliphatic rings. The predicted octanol–water partition coefficient (Wildman–Crippen LogP) is 4.21. The zero-order valence-electron chi connectivity index (χ0n) is 15.5. The number of likely N-dealkylation sites (N-methyl/N-ethyl adjacent to an activating group) is 1. The number of benzene rings is 2. The van der Waals surface area contributed by atoms with Gasteiger partial charge < -0.3 is 9.84 Å². The molecule has 2 atom stereocenters. The van der Waals surface area contributed by atoms with Gasteiger partial charge in [-0.25, -0.2) is 4.39 Å². The lowest BCUT2D eigenvalue weighted by atomic mass is 9.82. The number of aliphatic carboxylic acids is 1. The van der Waals surface area contributed by atoms with E-state index in [1.807, 2.05) is 24.1 Å². The van der Waals surface area contributed by atoms with Crippen molar-refractivity contribution in [2.75, 3.05) is 13.6 Å².